The average Bonchev–Trinajstić information content (AvgIpc) is 2.70. The highest BCUT2D eigenvalue weighted by atomic mass is 16.5. The van der Waals surface area contributed by atoms with Crippen molar-refractivity contribution in [2.45, 2.75) is 27.7 Å². The number of carbonyl (C=O) groups excluding carboxylic acids is 1. The molecule has 0 bridgehead atoms. The van der Waals surface area contributed by atoms with Crippen LogP contribution in [0.3, 0.4) is 0 Å². The van der Waals surface area contributed by atoms with Gasteiger partial charge >= 0.3 is 0 Å². The summed E-state index contributed by atoms with van der Waals surface area (Å²) in [5.41, 5.74) is 6.12. The third-order valence-corrected chi connectivity index (χ3v) is 5.28. The molecule has 6 nitrogen and oxygen atoms in total. The Bertz CT molecular complexity index is 897. The van der Waals surface area contributed by atoms with Crippen molar-refractivity contribution in [1.29, 1.82) is 0 Å². The van der Waals surface area contributed by atoms with Gasteiger partial charge in [0.1, 0.15) is 0 Å². The maximum absolute atomic E-state index is 12.8. The van der Waals surface area contributed by atoms with E-state index < -0.39 is 0 Å². The Hall–Kier alpha value is -2.70. The molecule has 0 aliphatic carbocycles. The van der Waals surface area contributed by atoms with E-state index in [1.807, 2.05) is 44.2 Å². The van der Waals surface area contributed by atoms with Gasteiger partial charge in [0.15, 0.2) is 0 Å². The predicted octanol–water partition coefficient (Wildman–Crippen LogP) is 3.45. The Balaban J connectivity index is 1.73. The summed E-state index contributed by atoms with van der Waals surface area (Å²) < 4.78 is 5.40. The topological polar surface area (TPSA) is 66.0 Å². The average molecular weight is 409 g/mol. The lowest BCUT2D eigenvalue weighted by Gasteiger charge is -2.25. The molecule has 1 aliphatic heterocycles. The number of amides is 1. The monoisotopic (exact) mass is 408 g/mol. The molecule has 1 fully saturated rings. The zero-order valence-electron chi connectivity index (χ0n) is 18.4. The van der Waals surface area contributed by atoms with Gasteiger partial charge in [0.05, 0.1) is 19.8 Å². The summed E-state index contributed by atoms with van der Waals surface area (Å²) in [5, 5.41) is 6.26. The van der Waals surface area contributed by atoms with Crippen LogP contribution in [0, 0.1) is 27.7 Å². The van der Waals surface area contributed by atoms with Crippen LogP contribution in [0.25, 0.3) is 0 Å². The van der Waals surface area contributed by atoms with Crippen molar-refractivity contribution in [3.8, 4) is 0 Å². The number of hydrogen-bond acceptors (Lipinski definition) is 4. The van der Waals surface area contributed by atoms with Gasteiger partial charge in [-0.3, -0.25) is 20.0 Å². The lowest BCUT2D eigenvalue weighted by Crippen LogP contribution is -2.39. The number of benzene rings is 2. The zero-order chi connectivity index (χ0) is 21.5. The molecule has 0 aromatic heterocycles. The molecule has 6 heteroatoms. The Labute approximate surface area is 179 Å². The first kappa shape index (κ1) is 22.0. The second-order valence-electron chi connectivity index (χ2n) is 7.94. The molecule has 3 rings (SSSR count). The third-order valence-electron chi connectivity index (χ3n) is 5.28. The first-order valence-electron chi connectivity index (χ1n) is 10.5. The van der Waals surface area contributed by atoms with E-state index >= 15 is 0 Å². The Morgan fingerprint density at radius 3 is 2.37 bits per heavy atom. The van der Waals surface area contributed by atoms with E-state index in [1.165, 1.54) is 5.56 Å². The van der Waals surface area contributed by atoms with E-state index in [0.29, 0.717) is 18.1 Å². The summed E-state index contributed by atoms with van der Waals surface area (Å²) >= 11 is 0. The number of anilines is 1. The quantitative estimate of drug-likeness (QED) is 0.587. The zero-order valence-corrected chi connectivity index (χ0v) is 18.4. The fraction of sp³-hybridized carbons (Fsp3) is 0.417. The molecule has 1 amide bonds. The summed E-state index contributed by atoms with van der Waals surface area (Å²) in [5.74, 6) is 0.302. The number of aliphatic imine (C=N–C) groups is 1. The smallest absolute Gasteiger partial charge is 0.257 e. The van der Waals surface area contributed by atoms with E-state index in [-0.39, 0.29) is 5.91 Å². The van der Waals surface area contributed by atoms with Crippen molar-refractivity contribution in [1.82, 2.24) is 10.2 Å². The fourth-order valence-electron chi connectivity index (χ4n) is 3.48. The van der Waals surface area contributed by atoms with Gasteiger partial charge in [-0.15, -0.1) is 0 Å². The van der Waals surface area contributed by atoms with Crippen molar-refractivity contribution in [2.24, 2.45) is 4.99 Å². The molecule has 0 unspecified atom stereocenters. The van der Waals surface area contributed by atoms with Crippen molar-refractivity contribution >= 4 is 17.6 Å². The minimum atomic E-state index is -0.167. The number of aryl methyl sites for hydroxylation is 4. The fourth-order valence-corrected chi connectivity index (χ4v) is 3.48. The van der Waals surface area contributed by atoms with E-state index in [4.69, 9.17) is 4.74 Å². The summed E-state index contributed by atoms with van der Waals surface area (Å²) in [6.45, 7) is 13.0. The highest BCUT2D eigenvalue weighted by molar-refractivity contribution is 6.10. The highest BCUT2D eigenvalue weighted by Crippen LogP contribution is 2.14. The molecular formula is C24H32N4O2. The second-order valence-corrected chi connectivity index (χ2v) is 7.94. The van der Waals surface area contributed by atoms with Gasteiger partial charge < -0.3 is 10.1 Å². The summed E-state index contributed by atoms with van der Waals surface area (Å²) in [6, 6.07) is 11.9. The normalized spacial score (nSPS) is 15.1. The van der Waals surface area contributed by atoms with Crippen LogP contribution in [0.1, 0.15) is 32.6 Å². The predicted molar refractivity (Wildman–Crippen MR) is 122 cm³/mol. The highest BCUT2D eigenvalue weighted by Gasteiger charge is 2.12. The number of morpholine rings is 1. The van der Waals surface area contributed by atoms with Crippen LogP contribution in [0.4, 0.5) is 5.69 Å². The van der Waals surface area contributed by atoms with E-state index in [1.54, 1.807) is 0 Å². The van der Waals surface area contributed by atoms with Gasteiger partial charge in [0.2, 0.25) is 5.96 Å². The standard InChI is InChI=1S/C24H32N4O2/c1-17-13-18(2)15-22(14-17)26-24(25-7-8-28-9-11-30-12-10-28)27-23(29)21-6-5-19(3)20(4)16-21/h5-6,13-16H,7-12H2,1-4H3,(H2,25,26,27,29). The number of guanidine groups is 1. The van der Waals surface area contributed by atoms with Gasteiger partial charge in [-0.25, -0.2) is 0 Å². The maximum atomic E-state index is 12.8. The number of nitrogens with zero attached hydrogens (tertiary/aromatic N) is 2. The van der Waals surface area contributed by atoms with E-state index in [2.05, 4.69) is 40.4 Å². The van der Waals surface area contributed by atoms with Crippen LogP contribution in [-0.4, -0.2) is 56.2 Å². The molecule has 1 aliphatic rings. The molecule has 0 saturated carbocycles. The van der Waals surface area contributed by atoms with E-state index in [9.17, 15) is 4.79 Å². The van der Waals surface area contributed by atoms with Gasteiger partial charge in [-0.1, -0.05) is 12.1 Å². The number of rotatable bonds is 5. The molecule has 2 N–H and O–H groups in total. The molecule has 30 heavy (non-hydrogen) atoms. The van der Waals surface area contributed by atoms with Crippen molar-refractivity contribution < 1.29 is 9.53 Å². The van der Waals surface area contributed by atoms with E-state index in [0.717, 1.165) is 55.2 Å². The Morgan fingerprint density at radius 1 is 1.00 bits per heavy atom. The first-order chi connectivity index (χ1) is 14.4. The molecular weight excluding hydrogens is 376 g/mol. The molecule has 2 aromatic carbocycles. The van der Waals surface area contributed by atoms with Gasteiger partial charge in [0.25, 0.3) is 5.91 Å². The lowest BCUT2D eigenvalue weighted by molar-refractivity contribution is 0.0394. The SMILES string of the molecule is Cc1cc(C)cc(NC(=NCCN2CCOCC2)NC(=O)c2ccc(C)c(C)c2)c1. The number of hydrogen-bond donors (Lipinski definition) is 2. The van der Waals surface area contributed by atoms with Gasteiger partial charge in [-0.2, -0.15) is 0 Å². The van der Waals surface area contributed by atoms with Crippen LogP contribution in [0.5, 0.6) is 0 Å². The largest absolute Gasteiger partial charge is 0.379 e. The van der Waals surface area contributed by atoms with Crippen molar-refractivity contribution in [3.05, 3.63) is 64.2 Å². The molecule has 0 atom stereocenters. The Morgan fingerprint density at radius 2 is 1.70 bits per heavy atom. The molecule has 2 aromatic rings. The minimum absolute atomic E-state index is 0.167. The van der Waals surface area contributed by atoms with Crippen LogP contribution in [0.2, 0.25) is 0 Å². The molecule has 0 spiro atoms. The second kappa shape index (κ2) is 10.4. The molecule has 160 valence electrons. The van der Waals surface area contributed by atoms with Crippen molar-refractivity contribution in [3.63, 3.8) is 0 Å². The van der Waals surface area contributed by atoms with Crippen LogP contribution < -0.4 is 10.6 Å². The molecule has 1 heterocycles. The summed E-state index contributed by atoms with van der Waals surface area (Å²) in [4.78, 5) is 19.8. The molecule has 1 saturated heterocycles. The van der Waals surface area contributed by atoms with Gasteiger partial charge in [-0.05, 0) is 74.2 Å². The van der Waals surface area contributed by atoms with Crippen LogP contribution in [0.15, 0.2) is 41.4 Å². The number of ether oxygens (including phenoxy) is 1. The minimum Gasteiger partial charge on any atom is -0.379 e. The third kappa shape index (κ3) is 6.40. The van der Waals surface area contributed by atoms with Crippen LogP contribution >= 0.6 is 0 Å². The number of nitrogens with one attached hydrogen (secondary N) is 2. The number of carbonyl (C=O) groups is 1. The molecule has 0 radical (unpaired) electrons. The lowest BCUT2D eigenvalue weighted by atomic mass is 10.1. The summed E-state index contributed by atoms with van der Waals surface area (Å²) in [7, 11) is 0. The summed E-state index contributed by atoms with van der Waals surface area (Å²) in [6.07, 6.45) is 0. The van der Waals surface area contributed by atoms with Crippen LogP contribution in [-0.2, 0) is 4.74 Å². The van der Waals surface area contributed by atoms with Gasteiger partial charge in [0, 0.05) is 30.9 Å². The first-order valence-corrected chi connectivity index (χ1v) is 10.5. The maximum Gasteiger partial charge on any atom is 0.257 e. The van der Waals surface area contributed by atoms with Crippen molar-refractivity contribution in [2.75, 3.05) is 44.7 Å². The Kier molecular flexibility index (Phi) is 7.60.